The van der Waals surface area contributed by atoms with Crippen LogP contribution in [0.4, 0.5) is 4.79 Å². The molecule has 2 aliphatic rings. The minimum absolute atomic E-state index is 0.0344. The molecule has 2 aliphatic heterocycles. The van der Waals surface area contributed by atoms with Gasteiger partial charge >= 0.3 is 12.1 Å². The third-order valence-electron chi connectivity index (χ3n) is 6.48. The summed E-state index contributed by atoms with van der Waals surface area (Å²) in [5.41, 5.74) is 0.938. The molecule has 1 atom stereocenters. The lowest BCUT2D eigenvalue weighted by Crippen LogP contribution is -2.42. The Hall–Kier alpha value is -2.41. The molecule has 0 radical (unpaired) electrons. The van der Waals surface area contributed by atoms with Crippen molar-refractivity contribution in [1.29, 1.82) is 0 Å². The number of carbonyl (C=O) groups is 3. The summed E-state index contributed by atoms with van der Waals surface area (Å²) >= 11 is 0. The first kappa shape index (κ1) is 24.2. The Morgan fingerprint density at radius 2 is 1.72 bits per heavy atom. The van der Waals surface area contributed by atoms with Crippen LogP contribution in [0.1, 0.15) is 51.0 Å². The minimum Gasteiger partial charge on any atom is -0.465 e. The number of rotatable bonds is 9. The van der Waals surface area contributed by atoms with Gasteiger partial charge in [-0.2, -0.15) is 0 Å². The molecule has 0 N–H and O–H groups in total. The molecular weight excluding hydrogens is 410 g/mol. The predicted octanol–water partition coefficient (Wildman–Crippen LogP) is 3.99. The van der Waals surface area contributed by atoms with E-state index in [2.05, 4.69) is 0 Å². The fraction of sp³-hybridized carbons (Fsp3) is 0.640. The molecule has 7 heteroatoms. The van der Waals surface area contributed by atoms with Crippen molar-refractivity contribution in [1.82, 2.24) is 4.90 Å². The summed E-state index contributed by atoms with van der Waals surface area (Å²) < 4.78 is 16.0. The van der Waals surface area contributed by atoms with Gasteiger partial charge in [0.15, 0.2) is 0 Å². The van der Waals surface area contributed by atoms with Gasteiger partial charge in [-0.1, -0.05) is 30.3 Å². The van der Waals surface area contributed by atoms with Crippen LogP contribution in [0.5, 0.6) is 0 Å². The highest BCUT2D eigenvalue weighted by Crippen LogP contribution is 2.28. The summed E-state index contributed by atoms with van der Waals surface area (Å²) in [5, 5.41) is 0. The van der Waals surface area contributed by atoms with Gasteiger partial charge in [-0.15, -0.1) is 0 Å². The number of ketones is 1. The number of amides is 1. The zero-order valence-corrected chi connectivity index (χ0v) is 19.0. The minimum atomic E-state index is -0.709. The van der Waals surface area contributed by atoms with Crippen LogP contribution in [-0.2, 0) is 30.4 Å². The Morgan fingerprint density at radius 1 is 1.03 bits per heavy atom. The Balaban J connectivity index is 1.48. The van der Waals surface area contributed by atoms with Gasteiger partial charge in [-0.05, 0) is 56.9 Å². The van der Waals surface area contributed by atoms with E-state index in [1.807, 2.05) is 30.3 Å². The van der Waals surface area contributed by atoms with Gasteiger partial charge in [-0.3, -0.25) is 9.59 Å². The number of hydrogen-bond acceptors (Lipinski definition) is 6. The SMILES string of the molecule is CCOC(=O)[C@@H](CCC1CCOCC1)C(=O)C1CCN(C(=O)OCc2ccccc2)CC1. The zero-order chi connectivity index (χ0) is 22.8. The van der Waals surface area contributed by atoms with Crippen molar-refractivity contribution >= 4 is 17.8 Å². The molecule has 0 saturated carbocycles. The van der Waals surface area contributed by atoms with Gasteiger partial charge < -0.3 is 19.1 Å². The molecule has 176 valence electrons. The summed E-state index contributed by atoms with van der Waals surface area (Å²) in [6.45, 7) is 4.68. The van der Waals surface area contributed by atoms with Crippen LogP contribution in [0.25, 0.3) is 0 Å². The molecule has 3 rings (SSSR count). The number of carbonyl (C=O) groups excluding carboxylic acids is 3. The normalized spacial score (nSPS) is 18.7. The number of nitrogens with zero attached hydrogens (tertiary/aromatic N) is 1. The van der Waals surface area contributed by atoms with Crippen LogP contribution < -0.4 is 0 Å². The molecule has 0 unspecified atom stereocenters. The van der Waals surface area contributed by atoms with E-state index in [4.69, 9.17) is 14.2 Å². The highest BCUT2D eigenvalue weighted by molar-refractivity contribution is 6.00. The fourth-order valence-corrected chi connectivity index (χ4v) is 4.50. The molecule has 0 aromatic heterocycles. The van der Waals surface area contributed by atoms with Gasteiger partial charge in [0.2, 0.25) is 0 Å². The summed E-state index contributed by atoms with van der Waals surface area (Å²) in [4.78, 5) is 39.8. The molecular formula is C25H35NO6. The Bertz CT molecular complexity index is 738. The number of hydrogen-bond donors (Lipinski definition) is 0. The predicted molar refractivity (Wildman–Crippen MR) is 119 cm³/mol. The van der Waals surface area contributed by atoms with Crippen molar-refractivity contribution in [2.24, 2.45) is 17.8 Å². The molecule has 1 aromatic rings. The Morgan fingerprint density at radius 3 is 2.38 bits per heavy atom. The van der Waals surface area contributed by atoms with Crippen molar-refractivity contribution in [2.75, 3.05) is 32.9 Å². The Kier molecular flexibility index (Phi) is 9.53. The number of benzene rings is 1. The van der Waals surface area contributed by atoms with Crippen LogP contribution in [0.2, 0.25) is 0 Å². The number of likely N-dealkylation sites (tertiary alicyclic amines) is 1. The van der Waals surface area contributed by atoms with E-state index in [-0.39, 0.29) is 31.0 Å². The quantitative estimate of drug-likeness (QED) is 0.422. The molecule has 7 nitrogen and oxygen atoms in total. The first-order chi connectivity index (χ1) is 15.6. The fourth-order valence-electron chi connectivity index (χ4n) is 4.50. The maximum absolute atomic E-state index is 13.2. The van der Waals surface area contributed by atoms with E-state index in [9.17, 15) is 14.4 Å². The lowest BCUT2D eigenvalue weighted by molar-refractivity contribution is -0.153. The van der Waals surface area contributed by atoms with E-state index in [1.165, 1.54) is 0 Å². The van der Waals surface area contributed by atoms with Crippen LogP contribution >= 0.6 is 0 Å². The second-order valence-electron chi connectivity index (χ2n) is 8.64. The summed E-state index contributed by atoms with van der Waals surface area (Å²) in [6.07, 6.45) is 4.06. The second kappa shape index (κ2) is 12.6. The van der Waals surface area contributed by atoms with E-state index in [0.717, 1.165) is 38.0 Å². The smallest absolute Gasteiger partial charge is 0.410 e. The van der Waals surface area contributed by atoms with Crippen molar-refractivity contribution in [3.05, 3.63) is 35.9 Å². The standard InChI is InChI=1S/C25H35NO6/c1-2-31-24(28)22(9-8-19-12-16-30-17-13-19)23(27)21-10-14-26(15-11-21)25(29)32-18-20-6-4-3-5-7-20/h3-7,19,21-22H,2,8-18H2,1H3/t22-/m0/s1. The molecule has 32 heavy (non-hydrogen) atoms. The van der Waals surface area contributed by atoms with Crippen LogP contribution in [0, 0.1) is 17.8 Å². The van der Waals surface area contributed by atoms with Crippen LogP contribution in [-0.4, -0.2) is 55.7 Å². The lowest BCUT2D eigenvalue weighted by atomic mass is 9.81. The number of piperidine rings is 1. The highest BCUT2D eigenvalue weighted by Gasteiger charge is 2.36. The van der Waals surface area contributed by atoms with Crippen molar-refractivity contribution in [3.8, 4) is 0 Å². The van der Waals surface area contributed by atoms with E-state index >= 15 is 0 Å². The van der Waals surface area contributed by atoms with Gasteiger partial charge in [0.25, 0.3) is 0 Å². The summed E-state index contributed by atoms with van der Waals surface area (Å²) in [7, 11) is 0. The van der Waals surface area contributed by atoms with Gasteiger partial charge in [0.1, 0.15) is 18.3 Å². The van der Waals surface area contributed by atoms with Gasteiger partial charge in [0, 0.05) is 32.2 Å². The summed E-state index contributed by atoms with van der Waals surface area (Å²) in [6, 6.07) is 9.55. The van der Waals surface area contributed by atoms with E-state index in [0.29, 0.717) is 38.3 Å². The van der Waals surface area contributed by atoms with Crippen molar-refractivity contribution < 1.29 is 28.6 Å². The number of Topliss-reactive ketones (excluding diaryl/α,β-unsaturated/α-hetero) is 1. The molecule has 0 spiro atoms. The van der Waals surface area contributed by atoms with E-state index in [1.54, 1.807) is 11.8 Å². The zero-order valence-electron chi connectivity index (χ0n) is 19.0. The van der Waals surface area contributed by atoms with Crippen LogP contribution in [0.3, 0.4) is 0 Å². The average molecular weight is 446 g/mol. The molecule has 0 aliphatic carbocycles. The average Bonchev–Trinajstić information content (AvgIpc) is 2.84. The first-order valence-corrected chi connectivity index (χ1v) is 11.8. The molecule has 2 fully saturated rings. The number of esters is 1. The molecule has 2 saturated heterocycles. The first-order valence-electron chi connectivity index (χ1n) is 11.8. The van der Waals surface area contributed by atoms with Gasteiger partial charge in [-0.25, -0.2) is 4.79 Å². The molecule has 1 aromatic carbocycles. The van der Waals surface area contributed by atoms with Crippen molar-refractivity contribution in [3.63, 3.8) is 0 Å². The van der Waals surface area contributed by atoms with Gasteiger partial charge in [0.05, 0.1) is 6.61 Å². The van der Waals surface area contributed by atoms with Crippen molar-refractivity contribution in [2.45, 2.75) is 52.1 Å². The third kappa shape index (κ3) is 7.05. The monoisotopic (exact) mass is 445 g/mol. The second-order valence-corrected chi connectivity index (χ2v) is 8.64. The lowest BCUT2D eigenvalue weighted by Gasteiger charge is -2.32. The topological polar surface area (TPSA) is 82.1 Å². The van der Waals surface area contributed by atoms with E-state index < -0.39 is 11.9 Å². The molecule has 2 heterocycles. The maximum atomic E-state index is 13.2. The highest BCUT2D eigenvalue weighted by atomic mass is 16.6. The third-order valence-corrected chi connectivity index (χ3v) is 6.48. The van der Waals surface area contributed by atoms with Crippen LogP contribution in [0.15, 0.2) is 30.3 Å². The maximum Gasteiger partial charge on any atom is 0.410 e. The number of ether oxygens (including phenoxy) is 3. The molecule has 1 amide bonds. The Labute approximate surface area is 190 Å². The largest absolute Gasteiger partial charge is 0.465 e. The molecule has 0 bridgehead atoms. The summed E-state index contributed by atoms with van der Waals surface area (Å²) in [5.74, 6) is -0.881.